The van der Waals surface area contributed by atoms with Crippen LogP contribution in [0.2, 0.25) is 0 Å². The van der Waals surface area contributed by atoms with E-state index in [0.29, 0.717) is 39.8 Å². The van der Waals surface area contributed by atoms with Crippen LogP contribution in [0.25, 0.3) is 5.76 Å². The summed E-state index contributed by atoms with van der Waals surface area (Å²) in [5.41, 5.74) is 1.33. The number of aliphatic hydroxyl groups is 1. The van der Waals surface area contributed by atoms with E-state index < -0.39 is 17.7 Å². The van der Waals surface area contributed by atoms with Gasteiger partial charge in [0.25, 0.3) is 11.7 Å². The Bertz CT molecular complexity index is 1360. The van der Waals surface area contributed by atoms with E-state index in [0.717, 1.165) is 0 Å². The van der Waals surface area contributed by atoms with Crippen LogP contribution in [0.3, 0.4) is 0 Å². The van der Waals surface area contributed by atoms with Crippen molar-refractivity contribution in [3.8, 4) is 23.0 Å². The van der Waals surface area contributed by atoms with Crippen molar-refractivity contribution in [1.29, 1.82) is 0 Å². The molecule has 1 amide bonds. The molecule has 0 radical (unpaired) electrons. The van der Waals surface area contributed by atoms with Crippen molar-refractivity contribution in [2.24, 2.45) is 0 Å². The molecule has 1 N–H and O–H groups in total. The van der Waals surface area contributed by atoms with E-state index in [-0.39, 0.29) is 24.2 Å². The van der Waals surface area contributed by atoms with E-state index in [1.165, 1.54) is 12.0 Å². The van der Waals surface area contributed by atoms with Crippen molar-refractivity contribution in [2.75, 3.05) is 18.8 Å². The highest BCUT2D eigenvalue weighted by Crippen LogP contribution is 2.45. The Morgan fingerprint density at radius 1 is 1.00 bits per heavy atom. The van der Waals surface area contributed by atoms with E-state index in [2.05, 4.69) is 0 Å². The number of benzene rings is 3. The first-order valence-corrected chi connectivity index (χ1v) is 11.5. The molecule has 36 heavy (non-hydrogen) atoms. The minimum atomic E-state index is -0.900. The van der Waals surface area contributed by atoms with E-state index in [1.807, 2.05) is 13.8 Å². The van der Waals surface area contributed by atoms with Crippen molar-refractivity contribution >= 4 is 23.1 Å². The zero-order valence-corrected chi connectivity index (χ0v) is 20.1. The fraction of sp³-hybridized carbons (Fsp3) is 0.214. The lowest BCUT2D eigenvalue weighted by atomic mass is 9.94. The second kappa shape index (κ2) is 9.30. The number of anilines is 1. The van der Waals surface area contributed by atoms with E-state index in [1.54, 1.807) is 66.7 Å². The van der Waals surface area contributed by atoms with Gasteiger partial charge in [0.05, 0.1) is 30.4 Å². The standard InChI is InChI=1S/C28H25NO7/c1-16(2)36-19-11-8-17(9-12-19)25-24(26(30)20-6-4-5-7-21(20)33-3)27(31)28(32)29(25)18-10-13-22-23(14-18)35-15-34-22/h4-14,16,25,30H,15H2,1-3H3/b26-24+. The summed E-state index contributed by atoms with van der Waals surface area (Å²) in [6.07, 6.45) is -0.0133. The summed E-state index contributed by atoms with van der Waals surface area (Å²) in [5, 5.41) is 11.4. The first kappa shape index (κ1) is 23.3. The highest BCUT2D eigenvalue weighted by Gasteiger charge is 2.47. The molecule has 0 aliphatic carbocycles. The number of para-hydroxylation sites is 1. The highest BCUT2D eigenvalue weighted by atomic mass is 16.7. The summed E-state index contributed by atoms with van der Waals surface area (Å²) >= 11 is 0. The molecule has 5 rings (SSSR count). The number of ketones is 1. The van der Waals surface area contributed by atoms with Crippen LogP contribution in [-0.2, 0) is 9.59 Å². The van der Waals surface area contributed by atoms with Gasteiger partial charge in [0.1, 0.15) is 17.3 Å². The third kappa shape index (κ3) is 4.00. The Balaban J connectivity index is 1.68. The van der Waals surface area contributed by atoms with Gasteiger partial charge in [-0.15, -0.1) is 0 Å². The van der Waals surface area contributed by atoms with Gasteiger partial charge < -0.3 is 24.1 Å². The second-order valence-electron chi connectivity index (χ2n) is 8.64. The molecule has 0 aromatic heterocycles. The molecule has 0 bridgehead atoms. The molecule has 2 heterocycles. The second-order valence-corrected chi connectivity index (χ2v) is 8.64. The van der Waals surface area contributed by atoms with Crippen LogP contribution in [0.5, 0.6) is 23.0 Å². The average molecular weight is 488 g/mol. The van der Waals surface area contributed by atoms with Gasteiger partial charge in [-0.3, -0.25) is 14.5 Å². The Morgan fingerprint density at radius 3 is 2.44 bits per heavy atom. The summed E-state index contributed by atoms with van der Waals surface area (Å²) in [4.78, 5) is 28.2. The van der Waals surface area contributed by atoms with Gasteiger partial charge in [0.15, 0.2) is 11.5 Å². The maximum Gasteiger partial charge on any atom is 0.300 e. The first-order chi connectivity index (χ1) is 17.4. The molecule has 2 aliphatic heterocycles. The topological polar surface area (TPSA) is 94.5 Å². The molecule has 184 valence electrons. The van der Waals surface area contributed by atoms with Gasteiger partial charge in [0.2, 0.25) is 6.79 Å². The maximum absolute atomic E-state index is 13.4. The van der Waals surface area contributed by atoms with Gasteiger partial charge in [-0.05, 0) is 55.8 Å². The van der Waals surface area contributed by atoms with Gasteiger partial charge in [0, 0.05) is 11.8 Å². The zero-order chi connectivity index (χ0) is 25.4. The molecule has 0 saturated carbocycles. The summed E-state index contributed by atoms with van der Waals surface area (Å²) < 4.78 is 22.0. The lowest BCUT2D eigenvalue weighted by molar-refractivity contribution is -0.132. The molecule has 8 heteroatoms. The number of carbonyl (C=O) groups is 2. The zero-order valence-electron chi connectivity index (χ0n) is 20.1. The summed E-state index contributed by atoms with van der Waals surface area (Å²) in [5.74, 6) is 0.167. The van der Waals surface area contributed by atoms with Crippen LogP contribution in [-0.4, -0.2) is 36.8 Å². The minimum absolute atomic E-state index is 0.0133. The number of fused-ring (bicyclic) bond motifs is 1. The third-order valence-corrected chi connectivity index (χ3v) is 6.01. The SMILES string of the molecule is COc1ccccc1/C(O)=C1\C(=O)C(=O)N(c2ccc3c(c2)OCO3)C1c1ccc(OC(C)C)cc1. The van der Waals surface area contributed by atoms with Crippen molar-refractivity contribution in [2.45, 2.75) is 26.0 Å². The number of rotatable bonds is 6. The predicted octanol–water partition coefficient (Wildman–Crippen LogP) is 4.84. The number of hydrogen-bond donors (Lipinski definition) is 1. The molecule has 8 nitrogen and oxygen atoms in total. The molecule has 0 spiro atoms. The Morgan fingerprint density at radius 2 is 1.72 bits per heavy atom. The molecule has 3 aromatic carbocycles. The van der Waals surface area contributed by atoms with Gasteiger partial charge in [-0.25, -0.2) is 0 Å². The van der Waals surface area contributed by atoms with Gasteiger partial charge in [-0.2, -0.15) is 0 Å². The fourth-order valence-corrected chi connectivity index (χ4v) is 4.44. The lowest BCUT2D eigenvalue weighted by Gasteiger charge is -2.26. The Kier molecular flexibility index (Phi) is 6.01. The summed E-state index contributed by atoms with van der Waals surface area (Å²) in [6.45, 7) is 3.93. The van der Waals surface area contributed by atoms with Crippen molar-refractivity contribution < 1.29 is 33.6 Å². The van der Waals surface area contributed by atoms with E-state index >= 15 is 0 Å². The molecule has 1 unspecified atom stereocenters. The third-order valence-electron chi connectivity index (χ3n) is 6.01. The number of aliphatic hydroxyl groups excluding tert-OH is 1. The number of hydrogen-bond acceptors (Lipinski definition) is 7. The number of Topliss-reactive ketones (excluding diaryl/α,β-unsaturated/α-hetero) is 1. The van der Waals surface area contributed by atoms with Crippen molar-refractivity contribution in [3.63, 3.8) is 0 Å². The fourth-order valence-electron chi connectivity index (χ4n) is 4.44. The lowest BCUT2D eigenvalue weighted by Crippen LogP contribution is -2.29. The van der Waals surface area contributed by atoms with Crippen LogP contribution in [0, 0.1) is 0 Å². The van der Waals surface area contributed by atoms with Gasteiger partial charge in [-0.1, -0.05) is 24.3 Å². The van der Waals surface area contributed by atoms with Gasteiger partial charge >= 0.3 is 0 Å². The first-order valence-electron chi connectivity index (χ1n) is 11.5. The normalized spacial score (nSPS) is 18.1. The number of ether oxygens (including phenoxy) is 4. The molecular formula is C28H25NO7. The number of carbonyl (C=O) groups excluding carboxylic acids is 2. The Labute approximate surface area is 208 Å². The van der Waals surface area contributed by atoms with Crippen LogP contribution < -0.4 is 23.8 Å². The monoisotopic (exact) mass is 487 g/mol. The van der Waals surface area contributed by atoms with Crippen LogP contribution >= 0.6 is 0 Å². The highest BCUT2D eigenvalue weighted by molar-refractivity contribution is 6.51. The van der Waals surface area contributed by atoms with Crippen molar-refractivity contribution in [1.82, 2.24) is 0 Å². The van der Waals surface area contributed by atoms with E-state index in [9.17, 15) is 14.7 Å². The molecule has 3 aromatic rings. The number of methoxy groups -OCH3 is 1. The predicted molar refractivity (Wildman–Crippen MR) is 133 cm³/mol. The summed E-state index contributed by atoms with van der Waals surface area (Å²) in [7, 11) is 1.47. The number of amides is 1. The Hall–Kier alpha value is -4.46. The van der Waals surface area contributed by atoms with E-state index in [4.69, 9.17) is 18.9 Å². The smallest absolute Gasteiger partial charge is 0.300 e. The molecule has 2 aliphatic rings. The average Bonchev–Trinajstić information content (AvgIpc) is 3.45. The largest absolute Gasteiger partial charge is 0.507 e. The van der Waals surface area contributed by atoms with Crippen LogP contribution in [0.1, 0.15) is 31.0 Å². The molecule has 1 atom stereocenters. The molecule has 1 fully saturated rings. The quantitative estimate of drug-likeness (QED) is 0.302. The maximum atomic E-state index is 13.4. The molecular weight excluding hydrogens is 462 g/mol. The summed E-state index contributed by atoms with van der Waals surface area (Å²) in [6, 6.07) is 18.0. The van der Waals surface area contributed by atoms with Crippen molar-refractivity contribution in [3.05, 3.63) is 83.4 Å². The number of nitrogens with zero attached hydrogens (tertiary/aromatic N) is 1. The van der Waals surface area contributed by atoms with Crippen LogP contribution in [0.15, 0.2) is 72.3 Å². The van der Waals surface area contributed by atoms with Crippen LogP contribution in [0.4, 0.5) is 5.69 Å². The minimum Gasteiger partial charge on any atom is -0.507 e. The molecule has 1 saturated heterocycles.